The summed E-state index contributed by atoms with van der Waals surface area (Å²) < 4.78 is 40.4. The number of phenolic OH excluding ortho intramolecular Hbond substituents is 1. The predicted molar refractivity (Wildman–Crippen MR) is 111 cm³/mol. The van der Waals surface area contributed by atoms with Gasteiger partial charge in [0.15, 0.2) is 5.82 Å². The number of anilines is 2. The number of amides is 4. The molecule has 1 aromatic carbocycles. The lowest BCUT2D eigenvalue weighted by Gasteiger charge is -2.69. The van der Waals surface area contributed by atoms with Gasteiger partial charge in [-0.25, -0.2) is 18.2 Å². The smallest absolute Gasteiger partial charge is 0.326 e. The van der Waals surface area contributed by atoms with Crippen molar-refractivity contribution in [2.45, 2.75) is 38.6 Å². The molecule has 4 fully saturated rings. The molecule has 5 rings (SSSR count). The molecule has 0 aromatic heterocycles. The Morgan fingerprint density at radius 1 is 1.28 bits per heavy atom. The molecule has 2 bridgehead atoms. The van der Waals surface area contributed by atoms with Crippen molar-refractivity contribution in [2.24, 2.45) is 11.3 Å². The lowest BCUT2D eigenvalue weighted by Crippen LogP contribution is -2.78. The average Bonchev–Trinajstić information content (AvgIpc) is 2.86. The first-order chi connectivity index (χ1) is 14.8. The van der Waals surface area contributed by atoms with Crippen molar-refractivity contribution in [3.63, 3.8) is 0 Å². The molecule has 1 aliphatic heterocycles. The number of carbonyl (C=O) groups excluding carboxylic acids is 3. The summed E-state index contributed by atoms with van der Waals surface area (Å²) in [5, 5.41) is 18.2. The summed E-state index contributed by atoms with van der Waals surface area (Å²) in [5.74, 6) is -2.42. The Morgan fingerprint density at radius 2 is 1.94 bits per heavy atom. The van der Waals surface area contributed by atoms with E-state index in [1.165, 1.54) is 0 Å². The van der Waals surface area contributed by atoms with Crippen LogP contribution in [0.5, 0.6) is 5.75 Å². The molecule has 13 heteroatoms. The van der Waals surface area contributed by atoms with E-state index < -0.39 is 56.9 Å². The maximum absolute atomic E-state index is 14.6. The van der Waals surface area contributed by atoms with Gasteiger partial charge in [-0.3, -0.25) is 9.59 Å². The number of nitrogens with one attached hydrogen (secondary N) is 4. The maximum atomic E-state index is 14.6. The zero-order valence-electron chi connectivity index (χ0n) is 17.5. The third-order valence-electron chi connectivity index (χ3n) is 5.93. The first-order valence-electron chi connectivity index (χ1n) is 10.1. The topological polar surface area (TPSA) is 157 Å². The first-order valence-corrected chi connectivity index (χ1v) is 11.5. The van der Waals surface area contributed by atoms with Gasteiger partial charge in [0.05, 0.1) is 5.41 Å². The van der Waals surface area contributed by atoms with Crippen LogP contribution in [-0.4, -0.2) is 50.0 Å². The summed E-state index contributed by atoms with van der Waals surface area (Å²) in [6.45, 7) is 3.93. The molecule has 1 aromatic rings. The Kier molecular flexibility index (Phi) is 4.99. The summed E-state index contributed by atoms with van der Waals surface area (Å²) in [5.41, 5.74) is -1.73. The van der Waals surface area contributed by atoms with Gasteiger partial charge in [-0.1, -0.05) is 13.8 Å². The van der Waals surface area contributed by atoms with Crippen molar-refractivity contribution in [1.82, 2.24) is 15.4 Å². The molecule has 0 spiro atoms. The largest absolute Gasteiger partial charge is 0.506 e. The van der Waals surface area contributed by atoms with Crippen LogP contribution >= 0.6 is 0 Å². The molecule has 0 radical (unpaired) electrons. The second kappa shape index (κ2) is 7.22. The number of carbonyl (C=O) groups is 3. The highest BCUT2D eigenvalue weighted by Gasteiger charge is 2.72. The van der Waals surface area contributed by atoms with Gasteiger partial charge in [0.2, 0.25) is 5.91 Å². The molecule has 1 heterocycles. The van der Waals surface area contributed by atoms with Crippen LogP contribution in [-0.2, 0) is 19.8 Å². The summed E-state index contributed by atoms with van der Waals surface area (Å²) in [4.78, 5) is 36.0. The molecule has 5 N–H and O–H groups in total. The summed E-state index contributed by atoms with van der Waals surface area (Å²) in [7, 11) is -4.31. The Bertz CT molecular complexity index is 1080. The molecule has 3 aliphatic carbocycles. The van der Waals surface area contributed by atoms with Crippen LogP contribution in [0.15, 0.2) is 12.1 Å². The second-order valence-electron chi connectivity index (χ2n) is 9.14. The molecule has 3 saturated carbocycles. The molecular weight excluding hydrogens is 445 g/mol. The first kappa shape index (κ1) is 22.1. The fourth-order valence-electron chi connectivity index (χ4n) is 4.60. The second-order valence-corrected chi connectivity index (χ2v) is 10.7. The zero-order chi connectivity index (χ0) is 23.5. The minimum absolute atomic E-state index is 0.0114. The van der Waals surface area contributed by atoms with Crippen LogP contribution in [0, 0.1) is 17.2 Å². The van der Waals surface area contributed by atoms with Crippen molar-refractivity contribution in [3.05, 3.63) is 17.9 Å². The molecule has 1 saturated heterocycles. The number of nitrogens with zero attached hydrogens (tertiary/aromatic N) is 1. The van der Waals surface area contributed by atoms with E-state index in [1.54, 1.807) is 4.72 Å². The van der Waals surface area contributed by atoms with Gasteiger partial charge in [0.1, 0.15) is 18.0 Å². The molecular formula is C19H24FN5O6S. The lowest BCUT2D eigenvalue weighted by molar-refractivity contribution is -0.177. The van der Waals surface area contributed by atoms with Crippen molar-refractivity contribution < 1.29 is 32.3 Å². The van der Waals surface area contributed by atoms with Crippen LogP contribution < -0.4 is 25.0 Å². The molecule has 32 heavy (non-hydrogen) atoms. The Balaban J connectivity index is 1.37. The van der Waals surface area contributed by atoms with Gasteiger partial charge < -0.3 is 21.1 Å². The van der Waals surface area contributed by atoms with E-state index in [0.717, 1.165) is 12.1 Å². The highest BCUT2D eigenvalue weighted by molar-refractivity contribution is 7.92. The van der Waals surface area contributed by atoms with Crippen molar-refractivity contribution >= 4 is 39.4 Å². The zero-order valence-corrected chi connectivity index (χ0v) is 18.3. The molecule has 0 atom stereocenters. The highest BCUT2D eigenvalue weighted by atomic mass is 32.2. The maximum Gasteiger partial charge on any atom is 0.326 e. The third-order valence-corrected chi connectivity index (χ3v) is 7.31. The van der Waals surface area contributed by atoms with Crippen LogP contribution in [0.25, 0.3) is 0 Å². The van der Waals surface area contributed by atoms with Crippen LogP contribution in [0.1, 0.15) is 33.1 Å². The summed E-state index contributed by atoms with van der Waals surface area (Å²) >= 11 is 0. The van der Waals surface area contributed by atoms with Gasteiger partial charge in [-0.15, -0.1) is 0 Å². The number of phenols is 1. The number of halogens is 1. The van der Waals surface area contributed by atoms with E-state index >= 15 is 0 Å². The van der Waals surface area contributed by atoms with Gasteiger partial charge in [-0.2, -0.15) is 8.42 Å². The van der Waals surface area contributed by atoms with Gasteiger partial charge in [0.25, 0.3) is 5.91 Å². The van der Waals surface area contributed by atoms with Gasteiger partial charge in [0, 0.05) is 23.8 Å². The predicted octanol–water partition coefficient (Wildman–Crippen LogP) is 0.529. The van der Waals surface area contributed by atoms with E-state index in [4.69, 9.17) is 0 Å². The van der Waals surface area contributed by atoms with E-state index in [0.29, 0.717) is 36.0 Å². The number of rotatable bonds is 6. The van der Waals surface area contributed by atoms with E-state index in [-0.39, 0.29) is 11.6 Å². The quantitative estimate of drug-likeness (QED) is 0.409. The van der Waals surface area contributed by atoms with E-state index in [9.17, 15) is 32.3 Å². The molecule has 11 nitrogen and oxygen atoms in total. The third kappa shape index (κ3) is 3.70. The number of urea groups is 1. The normalized spacial score (nSPS) is 27.2. The molecule has 174 valence electrons. The molecule has 0 unspecified atom stereocenters. The monoisotopic (exact) mass is 469 g/mol. The average molecular weight is 469 g/mol. The van der Waals surface area contributed by atoms with E-state index in [2.05, 4.69) is 16.0 Å². The standard InChI is InChI=1S/C19H24FN5O6S/c1-10(2)5-21-16(28)18-7-19(8-18,9-18)23-17(29)22-11-3-12(20)15(13(26)4-11)25-6-14(27)24-32(25,30)31/h3-4,10,26H,5-9H2,1-2H3,(H,21,28)(H,24,27)(H2,22,23,29). The number of hydrogen-bond donors (Lipinski definition) is 5. The van der Waals surface area contributed by atoms with Gasteiger partial charge >= 0.3 is 16.2 Å². The van der Waals surface area contributed by atoms with Gasteiger partial charge in [-0.05, 0) is 31.2 Å². The molecule has 4 amide bonds. The van der Waals surface area contributed by atoms with Crippen LogP contribution in [0.4, 0.5) is 20.6 Å². The van der Waals surface area contributed by atoms with Crippen LogP contribution in [0.2, 0.25) is 0 Å². The summed E-state index contributed by atoms with van der Waals surface area (Å²) in [6.07, 6.45) is 1.55. The number of benzene rings is 1. The lowest BCUT2D eigenvalue weighted by atomic mass is 9.39. The van der Waals surface area contributed by atoms with E-state index in [1.807, 2.05) is 13.8 Å². The Morgan fingerprint density at radius 3 is 2.47 bits per heavy atom. The SMILES string of the molecule is CC(C)CNC(=O)C12CC(NC(=O)Nc3cc(O)c(N4CC(=O)NS4(=O)=O)c(F)c3)(C1)C2. The van der Waals surface area contributed by atoms with Crippen LogP contribution in [0.3, 0.4) is 0 Å². The summed E-state index contributed by atoms with van der Waals surface area (Å²) in [6, 6.07) is 1.19. The van der Waals surface area contributed by atoms with Crippen molar-refractivity contribution in [2.75, 3.05) is 22.7 Å². The van der Waals surface area contributed by atoms with Crippen molar-refractivity contribution in [3.8, 4) is 5.75 Å². The minimum Gasteiger partial charge on any atom is -0.506 e. The number of aromatic hydroxyl groups is 1. The fraction of sp³-hybridized carbons (Fsp3) is 0.526. The Labute approximate surface area is 183 Å². The minimum atomic E-state index is -4.31. The van der Waals surface area contributed by atoms with Crippen molar-refractivity contribution in [1.29, 1.82) is 0 Å². The fourth-order valence-corrected chi connectivity index (χ4v) is 5.77. The molecule has 4 aliphatic rings. The highest BCUT2D eigenvalue weighted by Crippen LogP contribution is 2.67. The number of hydrogen-bond acceptors (Lipinski definition) is 6. The Hall–Kier alpha value is -3.09.